The molecule has 202 valence electrons. The van der Waals surface area contributed by atoms with Crippen LogP contribution < -0.4 is 0 Å². The largest absolute Gasteiger partial charge is 0.465 e. The number of methoxy groups -OCH3 is 1. The lowest BCUT2D eigenvalue weighted by atomic mass is 9.84. The Kier molecular flexibility index (Phi) is 8.59. The van der Waals surface area contributed by atoms with Gasteiger partial charge in [0.2, 0.25) is 11.7 Å². The number of pyridine rings is 1. The molecule has 1 atom stereocenters. The molecule has 3 aromatic heterocycles. The zero-order valence-electron chi connectivity index (χ0n) is 22.5. The van der Waals surface area contributed by atoms with Gasteiger partial charge < -0.3 is 18.6 Å². The number of hydrogen-bond acceptors (Lipinski definition) is 7. The number of carbonyl (C=O) groups excluding carboxylic acids is 1. The smallest absolute Gasteiger partial charge is 0.302 e. The molecule has 8 nitrogen and oxygen atoms in total. The highest BCUT2D eigenvalue weighted by molar-refractivity contribution is 9.10. The Balaban J connectivity index is 2.01. The van der Waals surface area contributed by atoms with Gasteiger partial charge >= 0.3 is 5.97 Å². The van der Waals surface area contributed by atoms with E-state index in [0.717, 1.165) is 44.4 Å². The van der Waals surface area contributed by atoms with E-state index in [2.05, 4.69) is 63.5 Å². The molecule has 0 spiro atoms. The van der Waals surface area contributed by atoms with E-state index in [0.29, 0.717) is 30.3 Å². The van der Waals surface area contributed by atoms with E-state index in [4.69, 9.17) is 30.6 Å². The summed E-state index contributed by atoms with van der Waals surface area (Å²) in [5.41, 5.74) is 5.38. The molecule has 0 N–H and O–H groups in total. The number of ether oxygens (including phenoxy) is 2. The van der Waals surface area contributed by atoms with Gasteiger partial charge in [-0.05, 0) is 50.1 Å². The minimum absolute atomic E-state index is 0.132. The normalized spacial score (nSPS) is 12.7. The van der Waals surface area contributed by atoms with E-state index in [1.54, 1.807) is 13.3 Å². The van der Waals surface area contributed by atoms with Crippen molar-refractivity contribution in [2.24, 2.45) is 5.41 Å². The molecule has 0 aliphatic carbocycles. The third-order valence-electron chi connectivity index (χ3n) is 6.52. The fourth-order valence-electron chi connectivity index (χ4n) is 4.69. The van der Waals surface area contributed by atoms with Gasteiger partial charge in [0.1, 0.15) is 5.88 Å². The van der Waals surface area contributed by atoms with Crippen LogP contribution in [-0.4, -0.2) is 39.4 Å². The number of nitrogens with zero attached hydrogens (tertiary/aromatic N) is 4. The lowest BCUT2D eigenvalue weighted by molar-refractivity contribution is -0.143. The minimum atomic E-state index is -0.323. The molecule has 0 amide bonds. The maximum atomic E-state index is 11.6. The van der Waals surface area contributed by atoms with Crippen molar-refractivity contribution in [2.75, 3.05) is 13.7 Å². The number of esters is 1. The van der Waals surface area contributed by atoms with Crippen molar-refractivity contribution < 1.29 is 18.8 Å². The van der Waals surface area contributed by atoms with Gasteiger partial charge in [0.25, 0.3) is 0 Å². The molecule has 4 aromatic rings. The molecule has 0 aliphatic rings. The van der Waals surface area contributed by atoms with E-state index in [-0.39, 0.29) is 23.4 Å². The molecule has 0 unspecified atom stereocenters. The molecule has 0 aliphatic heterocycles. The van der Waals surface area contributed by atoms with Crippen LogP contribution in [0.3, 0.4) is 0 Å². The zero-order chi connectivity index (χ0) is 27.6. The first-order valence-corrected chi connectivity index (χ1v) is 13.8. The van der Waals surface area contributed by atoms with E-state index < -0.39 is 0 Å². The SMILES string of the molecule is CCn1c(-c2cc(-c3noc(CCl)n3)cnc2[C@H](C)OC)c(CC(C)(C)COC(C)=O)c2cc(Br)ccc21. The number of rotatable bonds is 10. The van der Waals surface area contributed by atoms with E-state index in [1.807, 2.05) is 19.1 Å². The van der Waals surface area contributed by atoms with E-state index in [1.165, 1.54) is 6.92 Å². The fourth-order valence-corrected chi connectivity index (χ4v) is 5.16. The summed E-state index contributed by atoms with van der Waals surface area (Å²) in [6.45, 7) is 10.8. The minimum Gasteiger partial charge on any atom is -0.465 e. The average Bonchev–Trinajstić information content (AvgIpc) is 3.49. The Morgan fingerprint density at radius 1 is 1.29 bits per heavy atom. The number of carbonyl (C=O) groups is 1. The Bertz CT molecular complexity index is 1460. The van der Waals surface area contributed by atoms with E-state index >= 15 is 0 Å². The standard InChI is InChI=1S/C28H32BrClN4O4/c1-7-34-23-9-8-19(29)11-20(23)22(12-28(4,5)15-37-17(3)35)26(34)21-10-18(14-31-25(21)16(2)36-6)27-32-24(13-30)38-33-27/h8-11,14,16H,7,12-13,15H2,1-6H3/t16-/m0/s1. The lowest BCUT2D eigenvalue weighted by Gasteiger charge is -2.25. The molecule has 0 radical (unpaired) electrons. The Morgan fingerprint density at radius 2 is 2.05 bits per heavy atom. The van der Waals surface area contributed by atoms with Crippen LogP contribution in [0.1, 0.15) is 57.9 Å². The second-order valence-corrected chi connectivity index (χ2v) is 11.2. The Labute approximate surface area is 235 Å². The van der Waals surface area contributed by atoms with Gasteiger partial charge in [-0.2, -0.15) is 4.98 Å². The Morgan fingerprint density at radius 3 is 2.68 bits per heavy atom. The number of fused-ring (bicyclic) bond motifs is 1. The van der Waals surface area contributed by atoms with Crippen molar-refractivity contribution >= 4 is 44.4 Å². The molecular weight excluding hydrogens is 572 g/mol. The average molecular weight is 604 g/mol. The molecular formula is C28H32BrClN4O4. The van der Waals surface area contributed by atoms with E-state index in [9.17, 15) is 4.79 Å². The van der Waals surface area contributed by atoms with Crippen LogP contribution >= 0.6 is 27.5 Å². The predicted molar refractivity (Wildman–Crippen MR) is 151 cm³/mol. The first-order chi connectivity index (χ1) is 18.1. The maximum Gasteiger partial charge on any atom is 0.302 e. The van der Waals surface area contributed by atoms with Crippen LogP contribution in [0.5, 0.6) is 0 Å². The summed E-state index contributed by atoms with van der Waals surface area (Å²) in [5, 5.41) is 5.23. The molecule has 10 heteroatoms. The molecule has 0 saturated carbocycles. The third kappa shape index (κ3) is 5.80. The first kappa shape index (κ1) is 28.3. The van der Waals surface area contributed by atoms with Crippen molar-refractivity contribution in [1.82, 2.24) is 19.7 Å². The van der Waals surface area contributed by atoms with Crippen molar-refractivity contribution in [3.05, 3.63) is 52.1 Å². The summed E-state index contributed by atoms with van der Waals surface area (Å²) in [5.74, 6) is 0.608. The Hall–Kier alpha value is -2.75. The van der Waals surface area contributed by atoms with Crippen LogP contribution in [0.25, 0.3) is 33.5 Å². The van der Waals surface area contributed by atoms with Crippen LogP contribution in [0.15, 0.2) is 39.5 Å². The molecule has 0 saturated heterocycles. The van der Waals surface area contributed by atoms with Gasteiger partial charge in [0.15, 0.2) is 0 Å². The summed E-state index contributed by atoms with van der Waals surface area (Å²) in [4.78, 5) is 20.8. The van der Waals surface area contributed by atoms with Crippen LogP contribution in [0.2, 0.25) is 0 Å². The van der Waals surface area contributed by atoms with Gasteiger partial charge in [-0.25, -0.2) is 0 Å². The predicted octanol–water partition coefficient (Wildman–Crippen LogP) is 7.11. The molecule has 4 rings (SSSR count). The first-order valence-electron chi connectivity index (χ1n) is 12.4. The molecule has 0 bridgehead atoms. The van der Waals surface area contributed by atoms with Gasteiger partial charge in [0, 0.05) is 58.7 Å². The highest BCUT2D eigenvalue weighted by atomic mass is 79.9. The summed E-state index contributed by atoms with van der Waals surface area (Å²) >= 11 is 9.56. The zero-order valence-corrected chi connectivity index (χ0v) is 24.8. The summed E-state index contributed by atoms with van der Waals surface area (Å²) < 4.78 is 19.7. The van der Waals surface area contributed by atoms with Crippen LogP contribution in [-0.2, 0) is 33.1 Å². The van der Waals surface area contributed by atoms with Crippen molar-refractivity contribution in [2.45, 2.75) is 59.6 Å². The van der Waals surface area contributed by atoms with Gasteiger partial charge in [0.05, 0.1) is 24.1 Å². The van der Waals surface area contributed by atoms with Crippen LogP contribution in [0, 0.1) is 5.41 Å². The maximum absolute atomic E-state index is 11.6. The number of hydrogen-bond donors (Lipinski definition) is 0. The molecule has 38 heavy (non-hydrogen) atoms. The van der Waals surface area contributed by atoms with Crippen molar-refractivity contribution in [3.63, 3.8) is 0 Å². The lowest BCUT2D eigenvalue weighted by Crippen LogP contribution is -2.24. The van der Waals surface area contributed by atoms with Gasteiger partial charge in [-0.15, -0.1) is 11.6 Å². The van der Waals surface area contributed by atoms with Crippen molar-refractivity contribution in [1.29, 1.82) is 0 Å². The number of benzene rings is 1. The highest BCUT2D eigenvalue weighted by Crippen LogP contribution is 2.42. The summed E-state index contributed by atoms with van der Waals surface area (Å²) in [6.07, 6.45) is 2.13. The molecule has 3 heterocycles. The second kappa shape index (κ2) is 11.6. The molecule has 0 fully saturated rings. The number of aromatic nitrogens is 4. The fraction of sp³-hybridized carbons (Fsp3) is 0.429. The topological polar surface area (TPSA) is 92.3 Å². The van der Waals surface area contributed by atoms with Crippen molar-refractivity contribution in [3.8, 4) is 22.6 Å². The van der Waals surface area contributed by atoms with Gasteiger partial charge in [-0.3, -0.25) is 9.78 Å². The summed E-state index contributed by atoms with van der Waals surface area (Å²) in [7, 11) is 1.67. The highest BCUT2D eigenvalue weighted by Gasteiger charge is 2.29. The number of alkyl halides is 1. The molecule has 1 aromatic carbocycles. The number of aryl methyl sites for hydroxylation is 1. The quantitative estimate of drug-likeness (QED) is 0.141. The monoisotopic (exact) mass is 602 g/mol. The van der Waals surface area contributed by atoms with Gasteiger partial charge in [-0.1, -0.05) is 34.9 Å². The third-order valence-corrected chi connectivity index (χ3v) is 7.24. The number of halogens is 2. The van der Waals surface area contributed by atoms with Crippen LogP contribution in [0.4, 0.5) is 0 Å². The second-order valence-electron chi connectivity index (χ2n) is 10.0. The summed E-state index contributed by atoms with van der Waals surface area (Å²) in [6, 6.07) is 8.35.